The van der Waals surface area contributed by atoms with Gasteiger partial charge >= 0.3 is 0 Å². The maximum absolute atomic E-state index is 13.4. The van der Waals surface area contributed by atoms with Gasteiger partial charge in [-0.3, -0.25) is 14.6 Å². The number of rotatable bonds is 3. The summed E-state index contributed by atoms with van der Waals surface area (Å²) in [4.78, 5) is 35.2. The highest BCUT2D eigenvalue weighted by Gasteiger charge is 2.49. The highest BCUT2D eigenvalue weighted by Crippen LogP contribution is 2.42. The van der Waals surface area contributed by atoms with Crippen LogP contribution in [0.4, 0.5) is 0 Å². The number of hydrogen-bond acceptors (Lipinski definition) is 3. The van der Waals surface area contributed by atoms with E-state index in [1.165, 1.54) is 5.56 Å². The van der Waals surface area contributed by atoms with Gasteiger partial charge in [0.05, 0.1) is 0 Å². The lowest BCUT2D eigenvalue weighted by molar-refractivity contribution is -0.151. The fourth-order valence-corrected chi connectivity index (χ4v) is 6.20. The summed E-state index contributed by atoms with van der Waals surface area (Å²) in [6.07, 6.45) is 4.68. The van der Waals surface area contributed by atoms with Crippen LogP contribution in [0.5, 0.6) is 0 Å². The molecule has 5 rings (SSSR count). The van der Waals surface area contributed by atoms with Gasteiger partial charge in [0.15, 0.2) is 0 Å². The Morgan fingerprint density at radius 1 is 1.06 bits per heavy atom. The molecule has 0 radical (unpaired) electrons. The molecular formula is C26H31N3O2. The lowest BCUT2D eigenvalue weighted by Gasteiger charge is -2.56. The lowest BCUT2D eigenvalue weighted by atomic mass is 9.70. The number of fused-ring (bicyclic) bond motifs is 4. The predicted octanol–water partition coefficient (Wildman–Crippen LogP) is 3.78. The third kappa shape index (κ3) is 3.86. The molecule has 3 saturated heterocycles. The lowest BCUT2D eigenvalue weighted by Crippen LogP contribution is -2.66. The minimum absolute atomic E-state index is 0.109. The molecule has 5 nitrogen and oxygen atoms in total. The van der Waals surface area contributed by atoms with Gasteiger partial charge in [0, 0.05) is 48.5 Å². The Morgan fingerprint density at radius 2 is 1.77 bits per heavy atom. The van der Waals surface area contributed by atoms with E-state index in [4.69, 9.17) is 0 Å². The summed E-state index contributed by atoms with van der Waals surface area (Å²) < 4.78 is 0. The Balaban J connectivity index is 1.44. The van der Waals surface area contributed by atoms with Gasteiger partial charge in [-0.2, -0.15) is 0 Å². The second kappa shape index (κ2) is 8.10. The highest BCUT2D eigenvalue weighted by atomic mass is 16.2. The van der Waals surface area contributed by atoms with E-state index in [2.05, 4.69) is 39.0 Å². The number of benzene rings is 1. The highest BCUT2D eigenvalue weighted by molar-refractivity contribution is 5.94. The van der Waals surface area contributed by atoms with Gasteiger partial charge in [-0.1, -0.05) is 30.3 Å². The largest absolute Gasteiger partial charge is 0.338 e. The molecule has 31 heavy (non-hydrogen) atoms. The van der Waals surface area contributed by atoms with Gasteiger partial charge in [-0.25, -0.2) is 0 Å². The number of amides is 2. The van der Waals surface area contributed by atoms with Crippen molar-refractivity contribution in [3.63, 3.8) is 0 Å². The molecule has 1 aromatic carbocycles. The summed E-state index contributed by atoms with van der Waals surface area (Å²) in [7, 11) is 0. The quantitative estimate of drug-likeness (QED) is 0.764. The Hall–Kier alpha value is -2.69. The number of piperidine rings is 3. The summed E-state index contributed by atoms with van der Waals surface area (Å²) >= 11 is 0. The molecule has 0 aliphatic carbocycles. The van der Waals surface area contributed by atoms with Crippen LogP contribution < -0.4 is 0 Å². The van der Waals surface area contributed by atoms with E-state index in [1.807, 2.05) is 32.0 Å². The molecule has 5 heteroatoms. The summed E-state index contributed by atoms with van der Waals surface area (Å²) in [6.45, 7) is 5.36. The molecule has 2 amide bonds. The first-order valence-electron chi connectivity index (χ1n) is 11.6. The number of nitrogens with zero attached hydrogens (tertiary/aromatic N) is 3. The summed E-state index contributed by atoms with van der Waals surface area (Å²) in [6, 6.07) is 14.7. The topological polar surface area (TPSA) is 53.5 Å². The maximum atomic E-state index is 13.4. The van der Waals surface area contributed by atoms with Crippen molar-refractivity contribution >= 4 is 11.8 Å². The van der Waals surface area contributed by atoms with Crippen molar-refractivity contribution in [3.8, 4) is 0 Å². The van der Waals surface area contributed by atoms with Crippen molar-refractivity contribution in [3.05, 3.63) is 65.0 Å². The van der Waals surface area contributed by atoms with Gasteiger partial charge in [0.25, 0.3) is 5.91 Å². The van der Waals surface area contributed by atoms with Crippen LogP contribution in [0, 0.1) is 25.7 Å². The molecule has 0 saturated carbocycles. The Morgan fingerprint density at radius 3 is 2.52 bits per heavy atom. The molecule has 2 aromatic rings. The van der Waals surface area contributed by atoms with E-state index in [0.29, 0.717) is 24.2 Å². The van der Waals surface area contributed by atoms with Crippen molar-refractivity contribution in [2.24, 2.45) is 11.8 Å². The average Bonchev–Trinajstić information content (AvgIpc) is 2.76. The Bertz CT molecular complexity index is 969. The number of pyridine rings is 1. The van der Waals surface area contributed by atoms with Crippen molar-refractivity contribution in [2.75, 3.05) is 13.1 Å². The minimum atomic E-state index is 0.109. The summed E-state index contributed by atoms with van der Waals surface area (Å²) in [5.74, 6) is 1.12. The molecule has 1 aromatic heterocycles. The molecule has 0 unspecified atom stereocenters. The zero-order valence-corrected chi connectivity index (χ0v) is 18.5. The molecule has 162 valence electrons. The Labute approximate surface area is 184 Å². The van der Waals surface area contributed by atoms with Crippen molar-refractivity contribution in [1.29, 1.82) is 0 Å². The van der Waals surface area contributed by atoms with Crippen LogP contribution in [0.1, 0.15) is 53.0 Å². The molecule has 3 aliphatic rings. The number of carbonyl (C=O) groups excluding carboxylic acids is 2. The second-order valence-electron chi connectivity index (χ2n) is 9.62. The van der Waals surface area contributed by atoms with E-state index in [1.54, 1.807) is 0 Å². The van der Waals surface area contributed by atoms with E-state index in [9.17, 15) is 9.59 Å². The zero-order chi connectivity index (χ0) is 21.5. The summed E-state index contributed by atoms with van der Waals surface area (Å²) in [5, 5.41) is 0. The van der Waals surface area contributed by atoms with Crippen molar-refractivity contribution in [2.45, 2.75) is 58.0 Å². The predicted molar refractivity (Wildman–Crippen MR) is 120 cm³/mol. The van der Waals surface area contributed by atoms with Crippen LogP contribution in [-0.2, 0) is 11.2 Å². The molecular weight excluding hydrogens is 386 g/mol. The van der Waals surface area contributed by atoms with Crippen LogP contribution in [-0.4, -0.2) is 51.8 Å². The van der Waals surface area contributed by atoms with E-state index in [0.717, 1.165) is 55.7 Å². The van der Waals surface area contributed by atoms with Gasteiger partial charge in [0.1, 0.15) is 0 Å². The number of aromatic nitrogens is 1. The zero-order valence-electron chi connectivity index (χ0n) is 18.5. The van der Waals surface area contributed by atoms with Gasteiger partial charge < -0.3 is 9.80 Å². The SMILES string of the molecule is Cc1cc(C(=O)N2C[C@H]3C[C@@H](C2)[C@H](Cc2ccccc2)N2C(=O)CCC[C@@H]32)cc(C)n1. The molecule has 4 atom stereocenters. The number of hydrogen-bond donors (Lipinski definition) is 0. The number of carbonyl (C=O) groups is 2. The number of aryl methyl sites for hydroxylation is 2. The monoisotopic (exact) mass is 417 g/mol. The first kappa shape index (κ1) is 20.2. The van der Waals surface area contributed by atoms with Gasteiger partial charge in [-0.05, 0) is 69.1 Å². The third-order valence-corrected chi connectivity index (χ3v) is 7.40. The van der Waals surface area contributed by atoms with Gasteiger partial charge in [0.2, 0.25) is 5.91 Å². The molecule has 0 spiro atoms. The van der Waals surface area contributed by atoms with Crippen LogP contribution in [0.15, 0.2) is 42.5 Å². The van der Waals surface area contributed by atoms with Crippen LogP contribution in [0.2, 0.25) is 0 Å². The Kier molecular flexibility index (Phi) is 5.28. The maximum Gasteiger partial charge on any atom is 0.254 e. The van der Waals surface area contributed by atoms with Gasteiger partial charge in [-0.15, -0.1) is 0 Å². The molecule has 4 heterocycles. The first-order valence-corrected chi connectivity index (χ1v) is 11.6. The van der Waals surface area contributed by atoms with Crippen LogP contribution in [0.25, 0.3) is 0 Å². The summed E-state index contributed by atoms with van der Waals surface area (Å²) in [5.41, 5.74) is 3.77. The van der Waals surface area contributed by atoms with Crippen LogP contribution >= 0.6 is 0 Å². The van der Waals surface area contributed by atoms with E-state index < -0.39 is 0 Å². The van der Waals surface area contributed by atoms with E-state index >= 15 is 0 Å². The first-order chi connectivity index (χ1) is 15.0. The standard InChI is InChI=1S/C26H31N3O2/c1-17-11-20(12-18(2)27-17)26(31)28-15-21-14-22(16-28)24(13-19-7-4-3-5-8-19)29-23(21)9-6-10-25(29)30/h3-5,7-8,11-12,21-24H,6,9-10,13-16H2,1-2H3/t21-,22+,23+,24+/m1/s1. The molecule has 0 N–H and O–H groups in total. The van der Waals surface area contributed by atoms with Crippen molar-refractivity contribution < 1.29 is 9.59 Å². The fraction of sp³-hybridized carbons (Fsp3) is 0.500. The van der Waals surface area contributed by atoms with Crippen molar-refractivity contribution in [1.82, 2.24) is 14.8 Å². The van der Waals surface area contributed by atoms with Crippen LogP contribution in [0.3, 0.4) is 0 Å². The smallest absolute Gasteiger partial charge is 0.254 e. The third-order valence-electron chi connectivity index (χ3n) is 7.40. The normalized spacial score (nSPS) is 27.7. The molecule has 2 bridgehead atoms. The second-order valence-corrected chi connectivity index (χ2v) is 9.62. The van der Waals surface area contributed by atoms with E-state index in [-0.39, 0.29) is 18.0 Å². The average molecular weight is 418 g/mol. The number of likely N-dealkylation sites (tertiary alicyclic amines) is 1. The minimum Gasteiger partial charge on any atom is -0.338 e. The fourth-order valence-electron chi connectivity index (χ4n) is 6.20. The molecule has 3 fully saturated rings. The molecule has 3 aliphatic heterocycles.